The Bertz CT molecular complexity index is 490. The first-order chi connectivity index (χ1) is 7.77. The van der Waals surface area contributed by atoms with E-state index in [9.17, 15) is 4.79 Å². The van der Waals surface area contributed by atoms with Crippen molar-refractivity contribution in [3.05, 3.63) is 30.5 Å². The molecule has 1 aromatic carbocycles. The highest BCUT2D eigenvalue weighted by Crippen LogP contribution is 2.22. The zero-order valence-electron chi connectivity index (χ0n) is 8.86. The van der Waals surface area contributed by atoms with E-state index < -0.39 is 5.97 Å². The van der Waals surface area contributed by atoms with Crippen LogP contribution in [-0.4, -0.2) is 22.6 Å². The van der Waals surface area contributed by atoms with Gasteiger partial charge in [-0.05, 0) is 12.5 Å². The Morgan fingerprint density at radius 3 is 3.00 bits per heavy atom. The quantitative estimate of drug-likeness (QED) is 0.675. The fourth-order valence-electron chi connectivity index (χ4n) is 1.68. The number of carboxylic acids is 1. The molecule has 0 aliphatic heterocycles. The van der Waals surface area contributed by atoms with Crippen molar-refractivity contribution < 1.29 is 9.90 Å². The van der Waals surface area contributed by atoms with Crippen LogP contribution in [0, 0.1) is 0 Å². The molecule has 0 amide bonds. The Balaban J connectivity index is 1.97. The van der Waals surface area contributed by atoms with Crippen LogP contribution in [0.5, 0.6) is 0 Å². The average molecular weight is 218 g/mol. The lowest BCUT2D eigenvalue weighted by molar-refractivity contribution is -0.137. The molecule has 3 N–H and O–H groups in total. The molecule has 2 rings (SSSR count). The molecule has 0 atom stereocenters. The van der Waals surface area contributed by atoms with Gasteiger partial charge >= 0.3 is 5.97 Å². The first-order valence-corrected chi connectivity index (χ1v) is 5.29. The van der Waals surface area contributed by atoms with Gasteiger partial charge in [0.15, 0.2) is 0 Å². The van der Waals surface area contributed by atoms with Crippen LogP contribution >= 0.6 is 0 Å². The molecular formula is C12H14N2O2. The maximum atomic E-state index is 10.3. The Labute approximate surface area is 93.3 Å². The third kappa shape index (κ3) is 2.34. The summed E-state index contributed by atoms with van der Waals surface area (Å²) in [5.74, 6) is -0.749. The Hall–Kier alpha value is -1.97. The van der Waals surface area contributed by atoms with E-state index in [2.05, 4.69) is 10.3 Å². The number of fused-ring (bicyclic) bond motifs is 1. The van der Waals surface area contributed by atoms with E-state index >= 15 is 0 Å². The lowest BCUT2D eigenvalue weighted by atomic mass is 10.2. The van der Waals surface area contributed by atoms with Gasteiger partial charge in [-0.15, -0.1) is 0 Å². The zero-order chi connectivity index (χ0) is 11.4. The van der Waals surface area contributed by atoms with Gasteiger partial charge in [0.2, 0.25) is 0 Å². The van der Waals surface area contributed by atoms with Crippen LogP contribution < -0.4 is 5.32 Å². The van der Waals surface area contributed by atoms with E-state index in [1.165, 1.54) is 0 Å². The van der Waals surface area contributed by atoms with Crippen molar-refractivity contribution in [2.45, 2.75) is 12.8 Å². The Morgan fingerprint density at radius 2 is 2.19 bits per heavy atom. The second-order valence-corrected chi connectivity index (χ2v) is 3.67. The van der Waals surface area contributed by atoms with Gasteiger partial charge in [0, 0.05) is 30.1 Å². The van der Waals surface area contributed by atoms with Crippen LogP contribution in [0.3, 0.4) is 0 Å². The van der Waals surface area contributed by atoms with Crippen molar-refractivity contribution in [3.8, 4) is 0 Å². The number of aliphatic carboxylic acids is 1. The minimum Gasteiger partial charge on any atom is -0.481 e. The molecule has 4 nitrogen and oxygen atoms in total. The molecular weight excluding hydrogens is 204 g/mol. The minimum atomic E-state index is -0.749. The molecule has 0 radical (unpaired) electrons. The number of benzene rings is 1. The zero-order valence-corrected chi connectivity index (χ0v) is 8.86. The number of carbonyl (C=O) groups is 1. The molecule has 0 fully saturated rings. The maximum Gasteiger partial charge on any atom is 0.303 e. The van der Waals surface area contributed by atoms with Crippen molar-refractivity contribution in [2.75, 3.05) is 11.9 Å². The Kier molecular flexibility index (Phi) is 3.10. The largest absolute Gasteiger partial charge is 0.481 e. The maximum absolute atomic E-state index is 10.3. The van der Waals surface area contributed by atoms with Gasteiger partial charge in [0.25, 0.3) is 0 Å². The third-order valence-electron chi connectivity index (χ3n) is 2.47. The van der Waals surface area contributed by atoms with Gasteiger partial charge in [-0.25, -0.2) is 0 Å². The summed E-state index contributed by atoms with van der Waals surface area (Å²) < 4.78 is 0. The van der Waals surface area contributed by atoms with Crippen molar-refractivity contribution in [1.29, 1.82) is 0 Å². The third-order valence-corrected chi connectivity index (χ3v) is 2.47. The second-order valence-electron chi connectivity index (χ2n) is 3.67. The number of anilines is 1. The summed E-state index contributed by atoms with van der Waals surface area (Å²) in [5, 5.41) is 12.9. The molecule has 1 aromatic heterocycles. The number of carboxylic acid groups (broad SMARTS) is 1. The van der Waals surface area contributed by atoms with Crippen LogP contribution in [0.2, 0.25) is 0 Å². The van der Waals surface area contributed by atoms with Crippen LogP contribution in [0.1, 0.15) is 12.8 Å². The molecule has 0 aliphatic rings. The number of hydrogen-bond donors (Lipinski definition) is 3. The second kappa shape index (κ2) is 4.70. The molecule has 0 spiro atoms. The normalized spacial score (nSPS) is 10.5. The molecule has 0 aliphatic carbocycles. The van der Waals surface area contributed by atoms with E-state index in [1.54, 1.807) is 0 Å². The fraction of sp³-hybridized carbons (Fsp3) is 0.250. The van der Waals surface area contributed by atoms with Gasteiger partial charge in [-0.3, -0.25) is 4.79 Å². The highest BCUT2D eigenvalue weighted by atomic mass is 16.4. The number of rotatable bonds is 5. The predicted molar refractivity (Wildman–Crippen MR) is 63.7 cm³/mol. The average Bonchev–Trinajstić information content (AvgIpc) is 2.68. The number of nitrogens with one attached hydrogen (secondary N) is 2. The standard InChI is InChI=1S/C12H14N2O2/c15-12(16)6-3-7-13-11-8-14-10-5-2-1-4-9(10)11/h1-2,4-5,8,13-14H,3,6-7H2,(H,15,16). The van der Waals surface area contributed by atoms with Crippen LogP contribution in [0.25, 0.3) is 10.9 Å². The van der Waals surface area contributed by atoms with E-state index in [4.69, 9.17) is 5.11 Å². The summed E-state index contributed by atoms with van der Waals surface area (Å²) in [4.78, 5) is 13.5. The van der Waals surface area contributed by atoms with Crippen molar-refractivity contribution in [3.63, 3.8) is 0 Å². The highest BCUT2D eigenvalue weighted by molar-refractivity contribution is 5.92. The molecule has 4 heteroatoms. The van der Waals surface area contributed by atoms with E-state index in [0.29, 0.717) is 13.0 Å². The van der Waals surface area contributed by atoms with Gasteiger partial charge in [-0.1, -0.05) is 18.2 Å². The van der Waals surface area contributed by atoms with Gasteiger partial charge in [0.05, 0.1) is 5.69 Å². The molecule has 2 aromatic rings. The molecule has 0 saturated carbocycles. The van der Waals surface area contributed by atoms with E-state index in [1.807, 2.05) is 30.5 Å². The van der Waals surface area contributed by atoms with Crippen molar-refractivity contribution >= 4 is 22.6 Å². The summed E-state index contributed by atoms with van der Waals surface area (Å²) in [5.41, 5.74) is 2.12. The number of aromatic amines is 1. The van der Waals surface area contributed by atoms with Crippen LogP contribution in [-0.2, 0) is 4.79 Å². The van der Waals surface area contributed by atoms with E-state index in [-0.39, 0.29) is 6.42 Å². The number of aromatic nitrogens is 1. The molecule has 0 unspecified atom stereocenters. The van der Waals surface area contributed by atoms with E-state index in [0.717, 1.165) is 16.6 Å². The van der Waals surface area contributed by atoms with Crippen LogP contribution in [0.4, 0.5) is 5.69 Å². The summed E-state index contributed by atoms with van der Waals surface area (Å²) in [7, 11) is 0. The van der Waals surface area contributed by atoms with Gasteiger partial charge in [-0.2, -0.15) is 0 Å². The number of H-pyrrole nitrogens is 1. The first kappa shape index (κ1) is 10.5. The van der Waals surface area contributed by atoms with Gasteiger partial charge < -0.3 is 15.4 Å². The predicted octanol–water partition coefficient (Wildman–Crippen LogP) is 2.44. The summed E-state index contributed by atoms with van der Waals surface area (Å²) in [6, 6.07) is 8.01. The SMILES string of the molecule is O=C(O)CCCNc1c[nH]c2ccccc12. The number of hydrogen-bond acceptors (Lipinski definition) is 2. The van der Waals surface area contributed by atoms with Crippen molar-refractivity contribution in [1.82, 2.24) is 4.98 Å². The molecule has 84 valence electrons. The topological polar surface area (TPSA) is 65.1 Å². The Morgan fingerprint density at radius 1 is 1.38 bits per heavy atom. The summed E-state index contributed by atoms with van der Waals surface area (Å²) >= 11 is 0. The molecule has 16 heavy (non-hydrogen) atoms. The molecule has 1 heterocycles. The van der Waals surface area contributed by atoms with Gasteiger partial charge in [0.1, 0.15) is 0 Å². The highest BCUT2D eigenvalue weighted by Gasteiger charge is 2.02. The lowest BCUT2D eigenvalue weighted by Crippen LogP contribution is -2.04. The molecule has 0 bridgehead atoms. The summed E-state index contributed by atoms with van der Waals surface area (Å²) in [6.45, 7) is 0.675. The first-order valence-electron chi connectivity index (χ1n) is 5.29. The van der Waals surface area contributed by atoms with Crippen molar-refractivity contribution in [2.24, 2.45) is 0 Å². The smallest absolute Gasteiger partial charge is 0.303 e. The summed E-state index contributed by atoms with van der Waals surface area (Å²) in [6.07, 6.45) is 2.75. The lowest BCUT2D eigenvalue weighted by Gasteiger charge is -2.02. The monoisotopic (exact) mass is 218 g/mol. The minimum absolute atomic E-state index is 0.204. The fourth-order valence-corrected chi connectivity index (χ4v) is 1.68. The molecule has 0 saturated heterocycles. The van der Waals surface area contributed by atoms with Crippen LogP contribution in [0.15, 0.2) is 30.5 Å². The number of para-hydroxylation sites is 1.